The van der Waals surface area contributed by atoms with Gasteiger partial charge in [0.05, 0.1) is 50.7 Å². The molecule has 1 saturated carbocycles. The van der Waals surface area contributed by atoms with Crippen molar-refractivity contribution in [3.05, 3.63) is 71.8 Å². The van der Waals surface area contributed by atoms with Gasteiger partial charge in [-0.15, -0.1) is 0 Å². The first-order valence-corrected chi connectivity index (χ1v) is 18.6. The SMILES string of the molecule is CCOOCC1Nc2cccc3c(C4C(O)C(c5ccc(NCC(=O)OCC)c6c(NCC(=O)OCC)cccc56)C4O)ccc(c23)NC1COOCC. The summed E-state index contributed by atoms with van der Waals surface area (Å²) in [6.07, 6.45) is -1.86. The van der Waals surface area contributed by atoms with Crippen LogP contribution in [-0.2, 0) is 38.6 Å². The summed E-state index contributed by atoms with van der Waals surface area (Å²) >= 11 is 0. The zero-order chi connectivity index (χ0) is 38.2. The Kier molecular flexibility index (Phi) is 13.1. The van der Waals surface area contributed by atoms with Crippen LogP contribution in [0, 0.1) is 0 Å². The number of fused-ring (bicyclic) bond motifs is 1. The normalized spacial score (nSPS) is 21.7. The summed E-state index contributed by atoms with van der Waals surface area (Å²) in [6.45, 7) is 8.87. The minimum absolute atomic E-state index is 0.0688. The third-order valence-corrected chi connectivity index (χ3v) is 9.86. The summed E-state index contributed by atoms with van der Waals surface area (Å²) < 4.78 is 10.2. The number of hydrogen-bond acceptors (Lipinski definition) is 14. The van der Waals surface area contributed by atoms with E-state index in [4.69, 9.17) is 29.0 Å². The monoisotopic (exact) mass is 746 g/mol. The van der Waals surface area contributed by atoms with Gasteiger partial charge in [-0.2, -0.15) is 0 Å². The van der Waals surface area contributed by atoms with Crippen molar-refractivity contribution in [2.75, 3.05) is 74.0 Å². The van der Waals surface area contributed by atoms with Gasteiger partial charge in [0.15, 0.2) is 0 Å². The van der Waals surface area contributed by atoms with E-state index in [1.54, 1.807) is 13.8 Å². The molecule has 6 rings (SSSR count). The molecule has 54 heavy (non-hydrogen) atoms. The quantitative estimate of drug-likeness (QED) is 0.0345. The van der Waals surface area contributed by atoms with Gasteiger partial charge in [-0.25, -0.2) is 19.6 Å². The maximum atomic E-state index is 12.3. The summed E-state index contributed by atoms with van der Waals surface area (Å²) in [4.78, 5) is 45.9. The standard InChI is InChI=1S/C40H50N4O10/c1-5-49-33(45)19-41-27-13-9-11-23-25(15-17-28(35(23)27)42-20-34(46)50-6-2)37-39(47)38(40(37)48)26-16-18-30-36-24(26)12-10-14-29(36)43-31(21-53-51-7-3)32(44-30)22-54-52-8-4/h9-18,31-32,37-44,47-48H,5-8,19-22H2,1-4H3. The fourth-order valence-electron chi connectivity index (χ4n) is 7.50. The highest BCUT2D eigenvalue weighted by Crippen LogP contribution is 2.53. The molecule has 4 atom stereocenters. The number of aliphatic hydroxyl groups is 2. The molecular formula is C40H50N4O10. The number of carbonyl (C=O) groups is 2. The maximum absolute atomic E-state index is 12.3. The Labute approximate surface area is 314 Å². The van der Waals surface area contributed by atoms with Crippen molar-refractivity contribution >= 4 is 56.2 Å². The Balaban J connectivity index is 1.33. The molecule has 6 N–H and O–H groups in total. The number of esters is 2. The number of rotatable bonds is 18. The van der Waals surface area contributed by atoms with E-state index in [1.165, 1.54) is 0 Å². The summed E-state index contributed by atoms with van der Waals surface area (Å²) in [7, 11) is 0. The maximum Gasteiger partial charge on any atom is 0.325 e. The molecule has 290 valence electrons. The lowest BCUT2D eigenvalue weighted by atomic mass is 9.62. The van der Waals surface area contributed by atoms with Crippen LogP contribution in [0.3, 0.4) is 0 Å². The third kappa shape index (κ3) is 8.19. The van der Waals surface area contributed by atoms with Crippen LogP contribution in [0.5, 0.6) is 0 Å². The van der Waals surface area contributed by atoms with Gasteiger partial charge in [-0.05, 0) is 73.9 Å². The van der Waals surface area contributed by atoms with Crippen LogP contribution in [0.15, 0.2) is 60.7 Å². The van der Waals surface area contributed by atoms with E-state index in [2.05, 4.69) is 21.3 Å². The van der Waals surface area contributed by atoms with E-state index >= 15 is 0 Å². The van der Waals surface area contributed by atoms with Crippen molar-refractivity contribution < 1.29 is 48.8 Å². The van der Waals surface area contributed by atoms with E-state index in [-0.39, 0.29) is 51.6 Å². The fraction of sp³-hybridized carbons (Fsp3) is 0.450. The molecule has 1 aliphatic carbocycles. The van der Waals surface area contributed by atoms with Gasteiger partial charge in [-0.3, -0.25) is 9.59 Å². The number of carbonyl (C=O) groups excluding carboxylic acids is 2. The number of benzene rings is 4. The lowest BCUT2D eigenvalue weighted by Crippen LogP contribution is -2.51. The molecule has 0 aromatic heterocycles. The van der Waals surface area contributed by atoms with Crippen LogP contribution in [0.4, 0.5) is 22.7 Å². The van der Waals surface area contributed by atoms with Gasteiger partial charge in [0.25, 0.3) is 0 Å². The third-order valence-electron chi connectivity index (χ3n) is 9.86. The number of nitrogens with one attached hydrogen (secondary N) is 4. The average molecular weight is 747 g/mol. The highest BCUT2D eigenvalue weighted by atomic mass is 17.2. The molecule has 1 fully saturated rings. The molecule has 14 heteroatoms. The van der Waals surface area contributed by atoms with Crippen LogP contribution in [-0.4, -0.2) is 99.2 Å². The van der Waals surface area contributed by atoms with E-state index in [1.807, 2.05) is 74.5 Å². The van der Waals surface area contributed by atoms with Crippen LogP contribution in [0.2, 0.25) is 0 Å². The molecule has 4 aromatic carbocycles. The molecule has 1 aliphatic heterocycles. The molecule has 4 unspecified atom stereocenters. The van der Waals surface area contributed by atoms with E-state index < -0.39 is 36.0 Å². The molecular weight excluding hydrogens is 696 g/mol. The lowest BCUT2D eigenvalue weighted by molar-refractivity contribution is -0.302. The molecule has 2 aliphatic rings. The number of anilines is 4. The smallest absolute Gasteiger partial charge is 0.325 e. The molecule has 0 saturated heterocycles. The van der Waals surface area contributed by atoms with Crippen LogP contribution in [0.1, 0.15) is 50.7 Å². The summed E-state index contributed by atoms with van der Waals surface area (Å²) in [6, 6.07) is 18.6. The predicted octanol–water partition coefficient (Wildman–Crippen LogP) is 5.06. The van der Waals surface area contributed by atoms with E-state index in [0.717, 1.165) is 38.7 Å². The van der Waals surface area contributed by atoms with Crippen LogP contribution < -0.4 is 21.3 Å². The van der Waals surface area contributed by atoms with Gasteiger partial charge in [0.1, 0.15) is 26.3 Å². The predicted molar refractivity (Wildman–Crippen MR) is 206 cm³/mol. The minimum Gasteiger partial charge on any atom is -0.465 e. The van der Waals surface area contributed by atoms with Crippen LogP contribution in [0.25, 0.3) is 21.5 Å². The molecule has 14 nitrogen and oxygen atoms in total. The van der Waals surface area contributed by atoms with E-state index in [9.17, 15) is 19.8 Å². The Morgan fingerprint density at radius 3 is 1.61 bits per heavy atom. The first-order chi connectivity index (χ1) is 26.3. The molecule has 0 amide bonds. The van der Waals surface area contributed by atoms with Crippen molar-refractivity contribution in [1.29, 1.82) is 0 Å². The van der Waals surface area contributed by atoms with Gasteiger partial charge in [-0.1, -0.05) is 36.4 Å². The number of ether oxygens (including phenoxy) is 2. The summed E-state index contributed by atoms with van der Waals surface area (Å²) in [5, 5.41) is 40.7. The van der Waals surface area contributed by atoms with Crippen molar-refractivity contribution in [3.8, 4) is 0 Å². The average Bonchev–Trinajstić information content (AvgIpc) is 3.32. The minimum atomic E-state index is -0.930. The topological polar surface area (TPSA) is 178 Å². The van der Waals surface area contributed by atoms with Crippen molar-refractivity contribution in [2.24, 2.45) is 0 Å². The van der Waals surface area contributed by atoms with Crippen molar-refractivity contribution in [2.45, 2.75) is 63.8 Å². The second-order valence-corrected chi connectivity index (χ2v) is 13.1. The second-order valence-electron chi connectivity index (χ2n) is 13.1. The molecule has 1 heterocycles. The summed E-state index contributed by atoms with van der Waals surface area (Å²) in [5.74, 6) is -2.03. The lowest BCUT2D eigenvalue weighted by Gasteiger charge is -2.48. The van der Waals surface area contributed by atoms with Crippen molar-refractivity contribution in [3.63, 3.8) is 0 Å². The fourth-order valence-corrected chi connectivity index (χ4v) is 7.50. The molecule has 0 bridgehead atoms. The van der Waals surface area contributed by atoms with Crippen LogP contribution >= 0.6 is 0 Å². The Hall–Kier alpha value is -4.70. The van der Waals surface area contributed by atoms with Gasteiger partial charge >= 0.3 is 11.9 Å². The second kappa shape index (κ2) is 18.1. The van der Waals surface area contributed by atoms with Gasteiger partial charge in [0, 0.05) is 45.4 Å². The molecule has 4 aromatic rings. The molecule has 0 radical (unpaired) electrons. The zero-order valence-corrected chi connectivity index (χ0v) is 31.1. The highest BCUT2D eigenvalue weighted by molar-refractivity contribution is 6.07. The van der Waals surface area contributed by atoms with Gasteiger partial charge in [0.2, 0.25) is 0 Å². The Morgan fingerprint density at radius 1 is 0.593 bits per heavy atom. The van der Waals surface area contributed by atoms with Crippen molar-refractivity contribution in [1.82, 2.24) is 0 Å². The Morgan fingerprint density at radius 2 is 1.07 bits per heavy atom. The van der Waals surface area contributed by atoms with Gasteiger partial charge < -0.3 is 41.0 Å². The highest BCUT2D eigenvalue weighted by Gasteiger charge is 2.51. The first kappa shape index (κ1) is 39.0. The molecule has 0 spiro atoms. The summed E-state index contributed by atoms with van der Waals surface area (Å²) in [5.41, 5.74) is 4.53. The Bertz CT molecular complexity index is 1860. The number of hydrogen-bond donors (Lipinski definition) is 6. The zero-order valence-electron chi connectivity index (χ0n) is 31.1. The van der Waals surface area contributed by atoms with E-state index in [0.29, 0.717) is 30.0 Å². The first-order valence-electron chi connectivity index (χ1n) is 18.6. The largest absolute Gasteiger partial charge is 0.465 e. The number of aliphatic hydroxyl groups excluding tert-OH is 2.